The molecule has 0 aliphatic carbocycles. The molecule has 0 unspecified atom stereocenters. The number of methoxy groups -OCH3 is 1. The van der Waals surface area contributed by atoms with Crippen molar-refractivity contribution in [2.45, 2.75) is 13.0 Å². The number of hydrogen-bond donors (Lipinski definition) is 2. The smallest absolute Gasteiger partial charge is 0.335 e. The van der Waals surface area contributed by atoms with Gasteiger partial charge in [0.25, 0.3) is 5.91 Å². The lowest BCUT2D eigenvalue weighted by atomic mass is 10.1. The number of nitriles is 1. The summed E-state index contributed by atoms with van der Waals surface area (Å²) in [5, 5.41) is 21.2. The third-order valence-corrected chi connectivity index (χ3v) is 3.40. The first kappa shape index (κ1) is 19.5. The Morgan fingerprint density at radius 2 is 2.07 bits per heavy atom. The van der Waals surface area contributed by atoms with Gasteiger partial charge in [0.1, 0.15) is 13.0 Å². The van der Waals surface area contributed by atoms with Crippen LogP contribution in [0.15, 0.2) is 47.6 Å². The number of nitrogens with one attached hydrogen (secondary N) is 1. The average Bonchev–Trinajstić information content (AvgIpc) is 2.67. The van der Waals surface area contributed by atoms with Gasteiger partial charge in [0.2, 0.25) is 0 Å². The maximum absolute atomic E-state index is 11.2. The molecule has 0 spiro atoms. The fourth-order valence-corrected chi connectivity index (χ4v) is 2.13. The molecule has 8 nitrogen and oxygen atoms in total. The fourth-order valence-electron chi connectivity index (χ4n) is 2.13. The monoisotopic (exact) mass is 367 g/mol. The Morgan fingerprint density at radius 1 is 1.26 bits per heavy atom. The zero-order valence-corrected chi connectivity index (χ0v) is 14.5. The molecule has 0 heterocycles. The normalized spacial score (nSPS) is 10.2. The summed E-state index contributed by atoms with van der Waals surface area (Å²) in [4.78, 5) is 22.2. The summed E-state index contributed by atoms with van der Waals surface area (Å²) in [7, 11) is 1.49. The van der Waals surface area contributed by atoms with Gasteiger partial charge in [-0.25, -0.2) is 10.2 Å². The molecule has 0 saturated carbocycles. The molecule has 2 N–H and O–H groups in total. The van der Waals surface area contributed by atoms with E-state index < -0.39 is 11.9 Å². The Hall–Kier alpha value is -3.86. The molecule has 138 valence electrons. The molecule has 2 aromatic rings. The number of hydrogen-bond acceptors (Lipinski definition) is 6. The molecule has 2 rings (SSSR count). The number of aromatic carboxylic acids is 1. The van der Waals surface area contributed by atoms with E-state index in [0.29, 0.717) is 22.6 Å². The number of hydrazone groups is 1. The summed E-state index contributed by atoms with van der Waals surface area (Å²) >= 11 is 0. The minimum atomic E-state index is -1.00. The lowest BCUT2D eigenvalue weighted by molar-refractivity contribution is -0.120. The lowest BCUT2D eigenvalue weighted by Crippen LogP contribution is -2.16. The Labute approximate surface area is 155 Å². The number of nitrogens with zero attached hydrogens (tertiary/aromatic N) is 2. The van der Waals surface area contributed by atoms with Crippen molar-refractivity contribution in [1.82, 2.24) is 5.43 Å². The van der Waals surface area contributed by atoms with Gasteiger partial charge < -0.3 is 14.6 Å². The zero-order chi connectivity index (χ0) is 19.6. The largest absolute Gasteiger partial charge is 0.493 e. The molecule has 1 amide bonds. The van der Waals surface area contributed by atoms with Gasteiger partial charge >= 0.3 is 5.97 Å². The van der Waals surface area contributed by atoms with Crippen LogP contribution in [0.5, 0.6) is 11.5 Å². The van der Waals surface area contributed by atoms with Crippen LogP contribution in [0.4, 0.5) is 0 Å². The maximum Gasteiger partial charge on any atom is 0.335 e. The Balaban J connectivity index is 2.04. The number of carbonyl (C=O) groups is 2. The van der Waals surface area contributed by atoms with Gasteiger partial charge in [0.05, 0.1) is 25.0 Å². The summed E-state index contributed by atoms with van der Waals surface area (Å²) in [6, 6.07) is 13.3. The number of carboxylic acid groups (broad SMARTS) is 1. The van der Waals surface area contributed by atoms with E-state index in [4.69, 9.17) is 19.8 Å². The highest BCUT2D eigenvalue weighted by molar-refractivity contribution is 5.87. The molecule has 0 bridgehead atoms. The van der Waals surface area contributed by atoms with Crippen molar-refractivity contribution in [2.24, 2.45) is 5.10 Å². The van der Waals surface area contributed by atoms with E-state index in [0.717, 1.165) is 0 Å². The first-order valence-electron chi connectivity index (χ1n) is 7.85. The van der Waals surface area contributed by atoms with Crippen LogP contribution < -0.4 is 14.9 Å². The second-order valence-corrected chi connectivity index (χ2v) is 5.33. The zero-order valence-electron chi connectivity index (χ0n) is 14.5. The van der Waals surface area contributed by atoms with E-state index in [1.54, 1.807) is 42.5 Å². The van der Waals surface area contributed by atoms with E-state index in [2.05, 4.69) is 10.5 Å². The quantitative estimate of drug-likeness (QED) is 0.546. The molecular formula is C19H17N3O5. The van der Waals surface area contributed by atoms with E-state index in [1.807, 2.05) is 0 Å². The Bertz CT molecular complexity index is 902. The molecule has 0 radical (unpaired) electrons. The minimum absolute atomic E-state index is 0.176. The minimum Gasteiger partial charge on any atom is -0.493 e. The van der Waals surface area contributed by atoms with Crippen LogP contribution >= 0.6 is 0 Å². The van der Waals surface area contributed by atoms with E-state index in [9.17, 15) is 9.59 Å². The molecule has 0 aliphatic heterocycles. The fraction of sp³-hybridized carbons (Fsp3) is 0.158. The lowest BCUT2D eigenvalue weighted by Gasteiger charge is -2.11. The summed E-state index contributed by atoms with van der Waals surface area (Å²) in [6.07, 6.45) is 1.15. The molecule has 0 aromatic heterocycles. The van der Waals surface area contributed by atoms with Crippen LogP contribution in [-0.4, -0.2) is 30.3 Å². The average molecular weight is 367 g/mol. The van der Waals surface area contributed by atoms with Crippen molar-refractivity contribution in [1.29, 1.82) is 5.26 Å². The van der Waals surface area contributed by atoms with Crippen LogP contribution in [0.1, 0.15) is 27.9 Å². The molecular weight excluding hydrogens is 350 g/mol. The first-order chi connectivity index (χ1) is 13.0. The van der Waals surface area contributed by atoms with Gasteiger partial charge in [-0.2, -0.15) is 10.4 Å². The highest BCUT2D eigenvalue weighted by Crippen LogP contribution is 2.28. The van der Waals surface area contributed by atoms with E-state index in [1.165, 1.54) is 19.4 Å². The summed E-state index contributed by atoms with van der Waals surface area (Å²) in [5.74, 6) is -0.565. The second kappa shape index (κ2) is 9.58. The Kier molecular flexibility index (Phi) is 6.91. The molecule has 2 aromatic carbocycles. The van der Waals surface area contributed by atoms with Crippen molar-refractivity contribution in [3.8, 4) is 17.6 Å². The molecule has 0 atom stereocenters. The number of carboxylic acids is 1. The SMILES string of the molecule is COc1cc(/C=N\NC(=O)CC#N)ccc1OCc1cccc(C(=O)O)c1. The summed E-state index contributed by atoms with van der Waals surface area (Å²) in [6.45, 7) is 0.176. The van der Waals surface area contributed by atoms with Crippen molar-refractivity contribution >= 4 is 18.1 Å². The first-order valence-corrected chi connectivity index (χ1v) is 7.85. The van der Waals surface area contributed by atoms with Crippen molar-refractivity contribution < 1.29 is 24.2 Å². The molecule has 0 fully saturated rings. The number of rotatable bonds is 8. The van der Waals surface area contributed by atoms with Crippen LogP contribution in [0, 0.1) is 11.3 Å². The number of benzene rings is 2. The summed E-state index contributed by atoms with van der Waals surface area (Å²) in [5.41, 5.74) is 3.79. The predicted molar refractivity (Wildman–Crippen MR) is 96.7 cm³/mol. The maximum atomic E-state index is 11.2. The van der Waals surface area contributed by atoms with Gasteiger partial charge in [-0.1, -0.05) is 12.1 Å². The van der Waals surface area contributed by atoms with Crippen LogP contribution in [0.2, 0.25) is 0 Å². The van der Waals surface area contributed by atoms with E-state index in [-0.39, 0.29) is 18.6 Å². The third-order valence-electron chi connectivity index (χ3n) is 3.40. The molecule has 0 aliphatic rings. The number of ether oxygens (including phenoxy) is 2. The number of amides is 1. The standard InChI is InChI=1S/C19H17N3O5/c1-26-17-10-13(11-21-22-18(23)7-8-20)5-6-16(17)27-12-14-3-2-4-15(9-14)19(24)25/h2-6,9-11H,7,12H2,1H3,(H,22,23)(H,24,25)/b21-11-. The molecule has 0 saturated heterocycles. The second-order valence-electron chi connectivity index (χ2n) is 5.33. The van der Waals surface area contributed by atoms with Crippen LogP contribution in [-0.2, 0) is 11.4 Å². The van der Waals surface area contributed by atoms with Gasteiger partial charge in [0.15, 0.2) is 11.5 Å². The molecule has 8 heteroatoms. The van der Waals surface area contributed by atoms with Gasteiger partial charge in [-0.15, -0.1) is 0 Å². The highest BCUT2D eigenvalue weighted by Gasteiger charge is 2.08. The van der Waals surface area contributed by atoms with E-state index >= 15 is 0 Å². The van der Waals surface area contributed by atoms with Crippen LogP contribution in [0.3, 0.4) is 0 Å². The van der Waals surface area contributed by atoms with Crippen molar-refractivity contribution in [2.75, 3.05) is 7.11 Å². The third kappa shape index (κ3) is 5.86. The summed E-state index contributed by atoms with van der Waals surface area (Å²) < 4.78 is 11.0. The topological polar surface area (TPSA) is 121 Å². The van der Waals surface area contributed by atoms with Crippen LogP contribution in [0.25, 0.3) is 0 Å². The van der Waals surface area contributed by atoms with Crippen molar-refractivity contribution in [3.05, 3.63) is 59.2 Å². The Morgan fingerprint density at radius 3 is 2.78 bits per heavy atom. The van der Waals surface area contributed by atoms with Gasteiger partial charge in [-0.05, 0) is 41.5 Å². The van der Waals surface area contributed by atoms with Crippen molar-refractivity contribution in [3.63, 3.8) is 0 Å². The highest BCUT2D eigenvalue weighted by atomic mass is 16.5. The molecule has 27 heavy (non-hydrogen) atoms. The number of carbonyl (C=O) groups excluding carboxylic acids is 1. The van der Waals surface area contributed by atoms with Gasteiger partial charge in [0, 0.05) is 0 Å². The van der Waals surface area contributed by atoms with Gasteiger partial charge in [-0.3, -0.25) is 4.79 Å². The predicted octanol–water partition coefficient (Wildman–Crippen LogP) is 2.34.